The Labute approximate surface area is 134 Å². The van der Waals surface area contributed by atoms with Gasteiger partial charge in [-0.3, -0.25) is 14.0 Å². The highest BCUT2D eigenvalue weighted by atomic mass is 16.1. The summed E-state index contributed by atoms with van der Waals surface area (Å²) in [4.78, 5) is 27.8. The third-order valence-electron chi connectivity index (χ3n) is 4.45. The van der Waals surface area contributed by atoms with E-state index in [0.717, 1.165) is 42.5 Å². The van der Waals surface area contributed by atoms with Crippen LogP contribution in [0.4, 0.5) is 0 Å². The highest BCUT2D eigenvalue weighted by Crippen LogP contribution is 2.19. The van der Waals surface area contributed by atoms with E-state index in [1.165, 1.54) is 6.07 Å². The first-order chi connectivity index (χ1) is 11.1. The summed E-state index contributed by atoms with van der Waals surface area (Å²) in [5.41, 5.74) is 4.07. The quantitative estimate of drug-likeness (QED) is 0.736. The fourth-order valence-corrected chi connectivity index (χ4v) is 3.31. The molecule has 0 fully saturated rings. The van der Waals surface area contributed by atoms with Crippen LogP contribution in [0.15, 0.2) is 27.8 Å². The number of aryl methyl sites for hydroxylation is 3. The van der Waals surface area contributed by atoms with Crippen LogP contribution in [0.5, 0.6) is 0 Å². The van der Waals surface area contributed by atoms with Gasteiger partial charge in [0.05, 0.1) is 5.52 Å². The van der Waals surface area contributed by atoms with Crippen LogP contribution in [-0.2, 0) is 13.0 Å². The van der Waals surface area contributed by atoms with Gasteiger partial charge >= 0.3 is 0 Å². The lowest BCUT2D eigenvalue weighted by Crippen LogP contribution is -2.25. The maximum atomic E-state index is 13.0. The molecule has 0 aliphatic heterocycles. The molecule has 3 heterocycles. The number of rotatable bonds is 5. The fourth-order valence-electron chi connectivity index (χ4n) is 3.31. The molecule has 0 amide bonds. The second kappa shape index (κ2) is 6.07. The van der Waals surface area contributed by atoms with Crippen molar-refractivity contribution in [3.05, 3.63) is 50.2 Å². The van der Waals surface area contributed by atoms with E-state index in [0.29, 0.717) is 17.7 Å². The Morgan fingerprint density at radius 1 is 1.13 bits per heavy atom. The van der Waals surface area contributed by atoms with Crippen LogP contribution >= 0.6 is 0 Å². The van der Waals surface area contributed by atoms with E-state index in [1.54, 1.807) is 6.07 Å². The van der Waals surface area contributed by atoms with Gasteiger partial charge < -0.3 is 9.55 Å². The molecule has 0 unspecified atom stereocenters. The van der Waals surface area contributed by atoms with Crippen molar-refractivity contribution in [3.8, 4) is 0 Å². The zero-order valence-corrected chi connectivity index (χ0v) is 14.0. The molecule has 0 spiro atoms. The molecule has 0 saturated carbocycles. The number of nitrogens with zero attached hydrogens (tertiary/aromatic N) is 2. The second-order valence-electron chi connectivity index (χ2n) is 6.08. The minimum Gasteiger partial charge on any atom is -0.306 e. The average Bonchev–Trinajstić information content (AvgIpc) is 2.88. The van der Waals surface area contributed by atoms with Crippen molar-refractivity contribution in [2.75, 3.05) is 0 Å². The molecule has 5 nitrogen and oxygen atoms in total. The topological polar surface area (TPSA) is 59.3 Å². The molecular weight excluding hydrogens is 290 g/mol. The van der Waals surface area contributed by atoms with Gasteiger partial charge in [0, 0.05) is 18.3 Å². The van der Waals surface area contributed by atoms with E-state index in [1.807, 2.05) is 22.0 Å². The van der Waals surface area contributed by atoms with E-state index >= 15 is 0 Å². The number of unbranched alkanes of at least 4 members (excludes halogenated alkanes) is 2. The summed E-state index contributed by atoms with van der Waals surface area (Å²) in [6.45, 7) is 6.84. The van der Waals surface area contributed by atoms with Crippen LogP contribution in [0.2, 0.25) is 0 Å². The largest absolute Gasteiger partial charge is 0.306 e. The van der Waals surface area contributed by atoms with E-state index in [2.05, 4.69) is 18.8 Å². The van der Waals surface area contributed by atoms with Crippen molar-refractivity contribution in [2.24, 2.45) is 0 Å². The molecule has 3 aromatic rings. The Hall–Kier alpha value is -2.30. The summed E-state index contributed by atoms with van der Waals surface area (Å²) in [6, 6.07) is 5.29. The van der Waals surface area contributed by atoms with Gasteiger partial charge in [0.2, 0.25) is 5.56 Å². The van der Waals surface area contributed by atoms with Crippen molar-refractivity contribution in [2.45, 2.75) is 53.0 Å². The third kappa shape index (κ3) is 2.50. The molecule has 0 atom stereocenters. The molecular formula is C18H23N3O2. The van der Waals surface area contributed by atoms with Crippen molar-refractivity contribution in [3.63, 3.8) is 0 Å². The molecule has 3 aromatic heterocycles. The van der Waals surface area contributed by atoms with Gasteiger partial charge in [-0.25, -0.2) is 0 Å². The molecule has 0 radical (unpaired) electrons. The van der Waals surface area contributed by atoms with Gasteiger partial charge in [-0.1, -0.05) is 26.7 Å². The van der Waals surface area contributed by atoms with Crippen LogP contribution in [0.25, 0.3) is 16.7 Å². The molecule has 23 heavy (non-hydrogen) atoms. The lowest BCUT2D eigenvalue weighted by molar-refractivity contribution is 0.602. The zero-order valence-electron chi connectivity index (χ0n) is 14.0. The minimum atomic E-state index is -0.147. The summed E-state index contributed by atoms with van der Waals surface area (Å²) < 4.78 is 3.73. The first kappa shape index (κ1) is 15.6. The Kier molecular flexibility index (Phi) is 4.11. The van der Waals surface area contributed by atoms with Gasteiger partial charge in [0.1, 0.15) is 11.2 Å². The van der Waals surface area contributed by atoms with Gasteiger partial charge in [0.15, 0.2) is 0 Å². The summed E-state index contributed by atoms with van der Waals surface area (Å²) >= 11 is 0. The molecule has 0 aromatic carbocycles. The summed E-state index contributed by atoms with van der Waals surface area (Å²) in [6.07, 6.45) is 3.96. The Bertz CT molecular complexity index is 976. The molecule has 1 N–H and O–H groups in total. The number of hydrogen-bond donors (Lipinski definition) is 1. The lowest BCUT2D eigenvalue weighted by Gasteiger charge is -2.13. The average molecular weight is 313 g/mol. The normalized spacial score (nSPS) is 11.6. The number of nitrogens with one attached hydrogen (secondary N) is 1. The maximum absolute atomic E-state index is 13.0. The Balaban J connectivity index is 2.42. The molecule has 3 rings (SSSR count). The SMILES string of the molecule is CCCCCn1c(=O)c2c(C)cc(CC)n2c2[nH]c(=O)ccc21. The number of H-pyrrole nitrogens is 1. The van der Waals surface area contributed by atoms with Crippen LogP contribution in [0.3, 0.4) is 0 Å². The van der Waals surface area contributed by atoms with Gasteiger partial charge in [-0.2, -0.15) is 0 Å². The third-order valence-corrected chi connectivity index (χ3v) is 4.45. The maximum Gasteiger partial charge on any atom is 0.275 e. The van der Waals surface area contributed by atoms with Gasteiger partial charge in [-0.15, -0.1) is 0 Å². The molecule has 0 bridgehead atoms. The number of pyridine rings is 1. The van der Waals surface area contributed by atoms with Crippen molar-refractivity contribution >= 4 is 16.7 Å². The molecule has 0 aliphatic carbocycles. The van der Waals surface area contributed by atoms with Gasteiger partial charge in [-0.05, 0) is 37.5 Å². The van der Waals surface area contributed by atoms with E-state index in [-0.39, 0.29) is 11.1 Å². The Morgan fingerprint density at radius 3 is 2.61 bits per heavy atom. The summed E-state index contributed by atoms with van der Waals surface area (Å²) in [5.74, 6) is 0. The standard InChI is InChI=1S/C18H23N3O2/c1-4-6-7-10-20-14-8-9-15(22)19-17(14)21-13(5-2)11-12(3)16(21)18(20)23/h8-9,11H,4-7,10H2,1-3H3,(H,19,22). The molecule has 122 valence electrons. The van der Waals surface area contributed by atoms with Crippen LogP contribution < -0.4 is 11.1 Å². The van der Waals surface area contributed by atoms with Crippen LogP contribution in [-0.4, -0.2) is 14.0 Å². The predicted octanol–water partition coefficient (Wildman–Crippen LogP) is 3.00. The Morgan fingerprint density at radius 2 is 1.91 bits per heavy atom. The zero-order chi connectivity index (χ0) is 16.6. The predicted molar refractivity (Wildman–Crippen MR) is 93.4 cm³/mol. The highest BCUT2D eigenvalue weighted by Gasteiger charge is 2.16. The number of aromatic nitrogens is 3. The number of fused-ring (bicyclic) bond motifs is 3. The van der Waals surface area contributed by atoms with E-state index in [9.17, 15) is 9.59 Å². The van der Waals surface area contributed by atoms with E-state index in [4.69, 9.17) is 0 Å². The van der Waals surface area contributed by atoms with Crippen molar-refractivity contribution in [1.82, 2.24) is 14.0 Å². The summed E-state index contributed by atoms with van der Waals surface area (Å²) in [7, 11) is 0. The molecule has 0 aliphatic rings. The number of aromatic amines is 1. The minimum absolute atomic E-state index is 0.0258. The first-order valence-electron chi connectivity index (χ1n) is 8.35. The smallest absolute Gasteiger partial charge is 0.275 e. The van der Waals surface area contributed by atoms with Crippen molar-refractivity contribution in [1.29, 1.82) is 0 Å². The second-order valence-corrected chi connectivity index (χ2v) is 6.08. The summed E-state index contributed by atoms with van der Waals surface area (Å²) in [5, 5.41) is 0. The van der Waals surface area contributed by atoms with Crippen molar-refractivity contribution < 1.29 is 0 Å². The van der Waals surface area contributed by atoms with Crippen LogP contribution in [0, 0.1) is 6.92 Å². The lowest BCUT2D eigenvalue weighted by atomic mass is 10.2. The monoisotopic (exact) mass is 313 g/mol. The fraction of sp³-hybridized carbons (Fsp3) is 0.444. The molecule has 5 heteroatoms. The van der Waals surface area contributed by atoms with Gasteiger partial charge in [0.25, 0.3) is 5.56 Å². The van der Waals surface area contributed by atoms with Crippen LogP contribution in [0.1, 0.15) is 44.4 Å². The highest BCUT2D eigenvalue weighted by molar-refractivity contribution is 5.77. The van der Waals surface area contributed by atoms with E-state index < -0.39 is 0 Å². The number of hydrogen-bond acceptors (Lipinski definition) is 2. The first-order valence-corrected chi connectivity index (χ1v) is 8.35. The molecule has 0 saturated heterocycles.